The van der Waals surface area contributed by atoms with Crippen LogP contribution in [0.4, 0.5) is 0 Å². The molecule has 1 N–H and O–H groups in total. The maximum absolute atomic E-state index is 5.57. The molecule has 5 nitrogen and oxygen atoms in total. The first-order chi connectivity index (χ1) is 8.26. The molecule has 1 aliphatic rings. The van der Waals surface area contributed by atoms with E-state index in [0.717, 1.165) is 19.6 Å². The monoisotopic (exact) mass is 247 g/mol. The van der Waals surface area contributed by atoms with E-state index in [1.165, 1.54) is 0 Å². The van der Waals surface area contributed by atoms with Gasteiger partial charge >= 0.3 is 0 Å². The summed E-state index contributed by atoms with van der Waals surface area (Å²) in [5, 5.41) is 3.43. The van der Waals surface area contributed by atoms with Crippen LogP contribution in [0.5, 0.6) is 0 Å². The van der Waals surface area contributed by atoms with Gasteiger partial charge in [0.1, 0.15) is 0 Å². The lowest BCUT2D eigenvalue weighted by molar-refractivity contribution is -0.133. The summed E-state index contributed by atoms with van der Waals surface area (Å²) in [5.74, 6) is 0. The zero-order valence-electron chi connectivity index (χ0n) is 11.3. The molecule has 0 aromatic rings. The van der Waals surface area contributed by atoms with Crippen molar-refractivity contribution in [2.24, 2.45) is 0 Å². The topological polar surface area (TPSA) is 49.0 Å². The molecule has 1 fully saturated rings. The summed E-state index contributed by atoms with van der Waals surface area (Å²) in [4.78, 5) is 0. The zero-order valence-corrected chi connectivity index (χ0v) is 11.3. The minimum Gasteiger partial charge on any atom is -0.382 e. The number of nitrogens with one attached hydrogen (secondary N) is 1. The van der Waals surface area contributed by atoms with Gasteiger partial charge in [-0.15, -0.1) is 0 Å². The van der Waals surface area contributed by atoms with Crippen molar-refractivity contribution in [3.05, 3.63) is 0 Å². The third kappa shape index (κ3) is 4.19. The molecular weight excluding hydrogens is 222 g/mol. The molecule has 4 unspecified atom stereocenters. The summed E-state index contributed by atoms with van der Waals surface area (Å²) in [6.07, 6.45) is 1.46. The smallest absolute Gasteiger partial charge is 0.0986 e. The molecule has 0 spiro atoms. The molecular formula is C12H25NO4. The van der Waals surface area contributed by atoms with Crippen molar-refractivity contribution in [1.82, 2.24) is 5.32 Å². The van der Waals surface area contributed by atoms with Gasteiger partial charge in [-0.3, -0.25) is 0 Å². The Hall–Kier alpha value is -0.200. The summed E-state index contributed by atoms with van der Waals surface area (Å²) in [7, 11) is 5.11. The highest BCUT2D eigenvalue weighted by Gasteiger charge is 2.41. The number of methoxy groups -OCH3 is 3. The maximum Gasteiger partial charge on any atom is 0.0986 e. The Labute approximate surface area is 104 Å². The second-order valence-corrected chi connectivity index (χ2v) is 4.26. The molecule has 0 aromatic carbocycles. The number of hydrogen-bond acceptors (Lipinski definition) is 5. The number of hydrogen-bond donors (Lipinski definition) is 1. The third-order valence-electron chi connectivity index (χ3n) is 3.20. The third-order valence-corrected chi connectivity index (χ3v) is 3.20. The van der Waals surface area contributed by atoms with Crippen LogP contribution >= 0.6 is 0 Å². The van der Waals surface area contributed by atoms with Gasteiger partial charge in [-0.1, -0.05) is 0 Å². The number of ether oxygens (including phenoxy) is 4. The highest BCUT2D eigenvalue weighted by atomic mass is 16.5. The maximum atomic E-state index is 5.57. The van der Waals surface area contributed by atoms with Crippen molar-refractivity contribution < 1.29 is 18.9 Å². The lowest BCUT2D eigenvalue weighted by atomic mass is 9.85. The van der Waals surface area contributed by atoms with Gasteiger partial charge in [0.2, 0.25) is 0 Å². The highest BCUT2D eigenvalue weighted by molar-refractivity contribution is 4.97. The van der Waals surface area contributed by atoms with Gasteiger partial charge in [-0.05, 0) is 13.3 Å². The second-order valence-electron chi connectivity index (χ2n) is 4.26. The van der Waals surface area contributed by atoms with Crippen LogP contribution in [0.1, 0.15) is 13.3 Å². The fourth-order valence-electron chi connectivity index (χ4n) is 2.15. The molecule has 0 heterocycles. The molecule has 0 saturated heterocycles. The molecule has 5 heteroatoms. The van der Waals surface area contributed by atoms with Crippen molar-refractivity contribution >= 4 is 0 Å². The lowest BCUT2D eigenvalue weighted by Gasteiger charge is -2.43. The van der Waals surface area contributed by atoms with Crippen molar-refractivity contribution in [2.45, 2.75) is 37.7 Å². The highest BCUT2D eigenvalue weighted by Crippen LogP contribution is 2.26. The van der Waals surface area contributed by atoms with Crippen molar-refractivity contribution in [3.8, 4) is 0 Å². The quantitative estimate of drug-likeness (QED) is 0.640. The molecule has 1 aliphatic carbocycles. The molecule has 0 aliphatic heterocycles. The van der Waals surface area contributed by atoms with Crippen molar-refractivity contribution in [2.75, 3.05) is 41.1 Å². The van der Waals surface area contributed by atoms with Crippen molar-refractivity contribution in [3.63, 3.8) is 0 Å². The predicted octanol–water partition coefficient (Wildman–Crippen LogP) is 0.430. The van der Waals surface area contributed by atoms with E-state index in [2.05, 4.69) is 5.32 Å². The molecule has 0 radical (unpaired) electrons. The Bertz CT molecular complexity index is 203. The van der Waals surface area contributed by atoms with Crippen LogP contribution in [0.3, 0.4) is 0 Å². The van der Waals surface area contributed by atoms with Crippen LogP contribution < -0.4 is 5.32 Å². The van der Waals surface area contributed by atoms with Gasteiger partial charge in [-0.25, -0.2) is 0 Å². The SMILES string of the molecule is CCOC1CC(NCC(COC)OC)C1OC. The van der Waals surface area contributed by atoms with E-state index in [9.17, 15) is 0 Å². The van der Waals surface area contributed by atoms with E-state index in [1.54, 1.807) is 21.3 Å². The summed E-state index contributed by atoms with van der Waals surface area (Å²) in [5.41, 5.74) is 0. The summed E-state index contributed by atoms with van der Waals surface area (Å²) < 4.78 is 21.4. The Balaban J connectivity index is 2.23. The molecule has 4 atom stereocenters. The average Bonchev–Trinajstić information content (AvgIpc) is 2.31. The zero-order chi connectivity index (χ0) is 12.7. The average molecular weight is 247 g/mol. The van der Waals surface area contributed by atoms with Crippen LogP contribution in [0.15, 0.2) is 0 Å². The van der Waals surface area contributed by atoms with Gasteiger partial charge in [0.15, 0.2) is 0 Å². The fraction of sp³-hybridized carbons (Fsp3) is 1.00. The van der Waals surface area contributed by atoms with Gasteiger partial charge in [0.05, 0.1) is 24.9 Å². The van der Waals surface area contributed by atoms with Crippen LogP contribution in [0.2, 0.25) is 0 Å². The molecule has 0 bridgehead atoms. The Morgan fingerprint density at radius 1 is 1.29 bits per heavy atom. The van der Waals surface area contributed by atoms with E-state index in [-0.39, 0.29) is 18.3 Å². The minimum absolute atomic E-state index is 0.0867. The Morgan fingerprint density at radius 2 is 2.06 bits per heavy atom. The molecule has 0 amide bonds. The van der Waals surface area contributed by atoms with Crippen LogP contribution in [0, 0.1) is 0 Å². The van der Waals surface area contributed by atoms with Gasteiger partial charge in [0.25, 0.3) is 0 Å². The summed E-state index contributed by atoms with van der Waals surface area (Å²) in [6.45, 7) is 4.12. The van der Waals surface area contributed by atoms with Crippen LogP contribution in [0.25, 0.3) is 0 Å². The first-order valence-corrected chi connectivity index (χ1v) is 6.16. The first kappa shape index (κ1) is 14.9. The minimum atomic E-state index is 0.0867. The van der Waals surface area contributed by atoms with E-state index < -0.39 is 0 Å². The Kier molecular flexibility index (Phi) is 6.99. The number of rotatable bonds is 9. The predicted molar refractivity (Wildman–Crippen MR) is 65.3 cm³/mol. The standard InChI is InChI=1S/C12H25NO4/c1-5-17-11-6-10(12(11)16-4)13-7-9(15-3)8-14-2/h9-13H,5-8H2,1-4H3. The molecule has 0 aromatic heterocycles. The molecule has 1 saturated carbocycles. The normalized spacial score (nSPS) is 30.0. The van der Waals surface area contributed by atoms with Gasteiger partial charge in [-0.2, -0.15) is 0 Å². The van der Waals surface area contributed by atoms with E-state index in [4.69, 9.17) is 18.9 Å². The van der Waals surface area contributed by atoms with Gasteiger partial charge < -0.3 is 24.3 Å². The second kappa shape index (κ2) is 8.00. The largest absolute Gasteiger partial charge is 0.382 e. The van der Waals surface area contributed by atoms with E-state index in [0.29, 0.717) is 12.6 Å². The fourth-order valence-corrected chi connectivity index (χ4v) is 2.15. The van der Waals surface area contributed by atoms with E-state index in [1.807, 2.05) is 6.92 Å². The molecule has 17 heavy (non-hydrogen) atoms. The molecule has 1 rings (SSSR count). The molecule has 102 valence electrons. The van der Waals surface area contributed by atoms with Crippen LogP contribution in [-0.4, -0.2) is 65.4 Å². The lowest BCUT2D eigenvalue weighted by Crippen LogP contribution is -2.60. The Morgan fingerprint density at radius 3 is 2.59 bits per heavy atom. The van der Waals surface area contributed by atoms with Gasteiger partial charge in [0, 0.05) is 40.5 Å². The van der Waals surface area contributed by atoms with Crippen molar-refractivity contribution in [1.29, 1.82) is 0 Å². The van der Waals surface area contributed by atoms with Crippen LogP contribution in [-0.2, 0) is 18.9 Å². The summed E-state index contributed by atoms with van der Waals surface area (Å²) in [6, 6.07) is 0.353. The first-order valence-electron chi connectivity index (χ1n) is 6.16. The summed E-state index contributed by atoms with van der Waals surface area (Å²) >= 11 is 0. The van der Waals surface area contributed by atoms with E-state index >= 15 is 0 Å².